The lowest BCUT2D eigenvalue weighted by atomic mass is 10.1. The maximum absolute atomic E-state index is 11.9. The number of hydrogen-bond acceptors (Lipinski definition) is 11. The molecule has 0 N–H and O–H groups in total. The predicted molar refractivity (Wildman–Crippen MR) is 123 cm³/mol. The van der Waals surface area contributed by atoms with E-state index in [-0.39, 0.29) is 35.5 Å². The number of carbonyl (C=O) groups excluding carboxylic acids is 3. The average molecular weight is 519 g/mol. The van der Waals surface area contributed by atoms with E-state index in [1.807, 2.05) is 30.3 Å². The molecule has 190 valence electrons. The number of esters is 3. The third-order valence-electron chi connectivity index (χ3n) is 5.18. The zero-order valence-corrected chi connectivity index (χ0v) is 20.4. The van der Waals surface area contributed by atoms with Crippen molar-refractivity contribution in [1.29, 1.82) is 0 Å². The van der Waals surface area contributed by atoms with Crippen LogP contribution in [0, 0.1) is 0 Å². The lowest BCUT2D eigenvalue weighted by Crippen LogP contribution is -2.40. The van der Waals surface area contributed by atoms with Gasteiger partial charge in [0.1, 0.15) is 24.8 Å². The third-order valence-corrected chi connectivity index (χ3v) is 5.45. The predicted octanol–water partition coefficient (Wildman–Crippen LogP) is 2.38. The van der Waals surface area contributed by atoms with E-state index in [0.717, 1.165) is 5.56 Å². The molecule has 1 fully saturated rings. The van der Waals surface area contributed by atoms with Gasteiger partial charge in [0.15, 0.2) is 29.2 Å². The molecule has 1 saturated heterocycles. The largest absolute Gasteiger partial charge is 0.463 e. The monoisotopic (exact) mass is 518 g/mol. The molecular formula is C23H23ClN4O8. The van der Waals surface area contributed by atoms with E-state index < -0.39 is 42.4 Å². The maximum Gasteiger partial charge on any atom is 0.320 e. The van der Waals surface area contributed by atoms with Gasteiger partial charge in [0.05, 0.1) is 6.33 Å². The zero-order valence-electron chi connectivity index (χ0n) is 19.6. The summed E-state index contributed by atoms with van der Waals surface area (Å²) in [6.07, 6.45) is -2.77. The number of carbonyl (C=O) groups is 3. The molecule has 1 aliphatic heterocycles. The van der Waals surface area contributed by atoms with Crippen molar-refractivity contribution in [2.75, 3.05) is 6.61 Å². The van der Waals surface area contributed by atoms with Crippen molar-refractivity contribution in [2.24, 2.45) is 0 Å². The minimum atomic E-state index is -1.10. The van der Waals surface area contributed by atoms with Crippen molar-refractivity contribution in [3.05, 3.63) is 47.4 Å². The van der Waals surface area contributed by atoms with Crippen LogP contribution in [-0.4, -0.2) is 62.3 Å². The first-order chi connectivity index (χ1) is 17.2. The number of hydrogen-bond donors (Lipinski definition) is 0. The summed E-state index contributed by atoms with van der Waals surface area (Å²) in [6, 6.07) is 9.41. The number of rotatable bonds is 8. The highest BCUT2D eigenvalue weighted by Gasteiger charge is 2.51. The first-order valence-corrected chi connectivity index (χ1v) is 11.3. The molecule has 3 heterocycles. The highest BCUT2D eigenvalue weighted by Crippen LogP contribution is 2.36. The lowest BCUT2D eigenvalue weighted by molar-refractivity contribution is -0.166. The Morgan fingerprint density at radius 3 is 2.36 bits per heavy atom. The number of fused-ring (bicyclic) bond motifs is 1. The van der Waals surface area contributed by atoms with Crippen LogP contribution in [0.4, 0.5) is 0 Å². The van der Waals surface area contributed by atoms with E-state index >= 15 is 0 Å². The van der Waals surface area contributed by atoms with Gasteiger partial charge in [0.25, 0.3) is 0 Å². The minimum absolute atomic E-state index is 0.00636. The smallest absolute Gasteiger partial charge is 0.320 e. The van der Waals surface area contributed by atoms with Crippen LogP contribution in [0.2, 0.25) is 5.15 Å². The van der Waals surface area contributed by atoms with Gasteiger partial charge in [-0.2, -0.15) is 9.97 Å². The van der Waals surface area contributed by atoms with Crippen LogP contribution in [0.1, 0.15) is 32.6 Å². The summed E-state index contributed by atoms with van der Waals surface area (Å²) in [7, 11) is 0. The summed E-state index contributed by atoms with van der Waals surface area (Å²) in [5.41, 5.74) is 1.38. The van der Waals surface area contributed by atoms with Crippen LogP contribution in [0.15, 0.2) is 36.7 Å². The number of benzene rings is 1. The molecule has 0 amide bonds. The van der Waals surface area contributed by atoms with Crippen LogP contribution >= 0.6 is 11.6 Å². The molecular weight excluding hydrogens is 496 g/mol. The Morgan fingerprint density at radius 1 is 1.00 bits per heavy atom. The summed E-state index contributed by atoms with van der Waals surface area (Å²) >= 11 is 6.34. The lowest BCUT2D eigenvalue weighted by Gasteiger charge is -2.23. The van der Waals surface area contributed by atoms with Crippen molar-refractivity contribution in [3.63, 3.8) is 0 Å². The van der Waals surface area contributed by atoms with Gasteiger partial charge in [-0.1, -0.05) is 41.9 Å². The van der Waals surface area contributed by atoms with Gasteiger partial charge in [-0.3, -0.25) is 19.0 Å². The van der Waals surface area contributed by atoms with Crippen LogP contribution < -0.4 is 4.74 Å². The first-order valence-electron chi connectivity index (χ1n) is 10.9. The third kappa shape index (κ3) is 5.71. The molecule has 36 heavy (non-hydrogen) atoms. The highest BCUT2D eigenvalue weighted by atomic mass is 35.5. The van der Waals surface area contributed by atoms with Crippen LogP contribution in [0.25, 0.3) is 11.2 Å². The fourth-order valence-corrected chi connectivity index (χ4v) is 3.96. The molecule has 12 nitrogen and oxygen atoms in total. The Balaban J connectivity index is 1.69. The molecule has 0 saturated carbocycles. The molecule has 0 bridgehead atoms. The van der Waals surface area contributed by atoms with Crippen LogP contribution in [-0.2, 0) is 39.9 Å². The second-order valence-corrected chi connectivity index (χ2v) is 8.27. The highest BCUT2D eigenvalue weighted by molar-refractivity contribution is 6.33. The van der Waals surface area contributed by atoms with Crippen LogP contribution in [0.5, 0.6) is 6.01 Å². The zero-order chi connectivity index (χ0) is 25.8. The van der Waals surface area contributed by atoms with E-state index in [1.54, 1.807) is 0 Å². The quantitative estimate of drug-likeness (QED) is 0.246. The standard InChI is InChI=1S/C23H23ClN4O8/c1-12(29)32-10-16-18(34-13(2)30)19(35-14(3)31)22(36-16)28-11-25-17-20(24)26-23(27-21(17)28)33-9-15-7-5-4-6-8-15/h4-8,11,16,18-19,22H,9-10H2,1-3H3. The summed E-state index contributed by atoms with van der Waals surface area (Å²) in [5, 5.41) is 0.0387. The van der Waals surface area contributed by atoms with Crippen LogP contribution in [0.3, 0.4) is 0 Å². The normalized spacial score (nSPS) is 21.2. The number of halogens is 1. The van der Waals surface area contributed by atoms with E-state index in [0.29, 0.717) is 0 Å². The number of imidazole rings is 1. The molecule has 4 unspecified atom stereocenters. The molecule has 1 aliphatic rings. The van der Waals surface area contributed by atoms with E-state index in [9.17, 15) is 14.4 Å². The van der Waals surface area contributed by atoms with Gasteiger partial charge in [0, 0.05) is 20.8 Å². The number of aromatic nitrogens is 4. The Kier molecular flexibility index (Phi) is 7.65. The Labute approximate surface area is 210 Å². The molecule has 1 aromatic carbocycles. The van der Waals surface area contributed by atoms with Crippen molar-refractivity contribution in [1.82, 2.24) is 19.5 Å². The molecule has 2 aromatic heterocycles. The van der Waals surface area contributed by atoms with Crippen molar-refractivity contribution in [2.45, 2.75) is 51.9 Å². The number of ether oxygens (including phenoxy) is 5. The Hall–Kier alpha value is -3.77. The molecule has 4 atom stereocenters. The fraction of sp³-hybridized carbons (Fsp3) is 0.391. The molecule has 0 radical (unpaired) electrons. The molecule has 4 rings (SSSR count). The van der Waals surface area contributed by atoms with Crippen molar-refractivity contribution in [3.8, 4) is 6.01 Å². The van der Waals surface area contributed by atoms with E-state index in [2.05, 4.69) is 15.0 Å². The Morgan fingerprint density at radius 2 is 1.69 bits per heavy atom. The summed E-state index contributed by atoms with van der Waals surface area (Å²) in [5.74, 6) is -1.82. The second kappa shape index (κ2) is 10.9. The minimum Gasteiger partial charge on any atom is -0.463 e. The molecule has 0 aliphatic carbocycles. The summed E-state index contributed by atoms with van der Waals surface area (Å²) < 4.78 is 29.2. The summed E-state index contributed by atoms with van der Waals surface area (Å²) in [6.45, 7) is 3.61. The topological polar surface area (TPSA) is 141 Å². The van der Waals surface area contributed by atoms with E-state index in [1.165, 1.54) is 31.7 Å². The number of nitrogens with zero attached hydrogens (tertiary/aromatic N) is 4. The van der Waals surface area contributed by atoms with Gasteiger partial charge >= 0.3 is 23.9 Å². The summed E-state index contributed by atoms with van der Waals surface area (Å²) in [4.78, 5) is 47.9. The second-order valence-electron chi connectivity index (χ2n) is 7.91. The first kappa shape index (κ1) is 25.3. The molecule has 3 aromatic rings. The van der Waals surface area contributed by atoms with E-state index in [4.69, 9.17) is 35.3 Å². The molecule has 13 heteroatoms. The van der Waals surface area contributed by atoms with Gasteiger partial charge < -0.3 is 23.7 Å². The van der Waals surface area contributed by atoms with Gasteiger partial charge in [0.2, 0.25) is 0 Å². The van der Waals surface area contributed by atoms with Crippen molar-refractivity contribution >= 4 is 40.7 Å². The van der Waals surface area contributed by atoms with Gasteiger partial charge in [-0.15, -0.1) is 0 Å². The average Bonchev–Trinajstić information content (AvgIpc) is 3.38. The Bertz CT molecular complexity index is 1270. The van der Waals surface area contributed by atoms with Crippen molar-refractivity contribution < 1.29 is 38.1 Å². The van der Waals surface area contributed by atoms with Gasteiger partial charge in [-0.05, 0) is 5.56 Å². The van der Waals surface area contributed by atoms with Gasteiger partial charge in [-0.25, -0.2) is 4.98 Å². The SMILES string of the molecule is CC(=O)OCC1OC(n2cnc3c(Cl)nc(OCc4ccccc4)nc32)C(OC(C)=O)C1OC(C)=O. The molecule has 0 spiro atoms. The maximum atomic E-state index is 11.9. The fourth-order valence-electron chi connectivity index (χ4n) is 3.75.